The molecular formula is C9H14N4O4S. The van der Waals surface area contributed by atoms with Gasteiger partial charge in [-0.15, -0.1) is 0 Å². The van der Waals surface area contributed by atoms with Gasteiger partial charge in [-0.2, -0.15) is 0 Å². The Morgan fingerprint density at radius 1 is 1.56 bits per heavy atom. The van der Waals surface area contributed by atoms with Crippen molar-refractivity contribution in [2.24, 2.45) is 5.73 Å². The Balaban J connectivity index is 2.65. The largest absolute Gasteiger partial charge is 0.448 e. The standard InChI is InChI=1S/C9H14N4O4S/c1-11-8-6-7(2-3-12-8)18(15,16)13-4-5-17-9(10)14/h2-3,6,13H,4-5H2,1H3,(H2,10,14)(H,11,12). The molecule has 0 aliphatic rings. The van der Waals surface area contributed by atoms with Crippen LogP contribution in [0.25, 0.3) is 0 Å². The fourth-order valence-electron chi connectivity index (χ4n) is 1.13. The van der Waals surface area contributed by atoms with Gasteiger partial charge in [-0.3, -0.25) is 0 Å². The molecule has 0 aromatic carbocycles. The van der Waals surface area contributed by atoms with Gasteiger partial charge in [-0.05, 0) is 6.07 Å². The van der Waals surface area contributed by atoms with E-state index in [9.17, 15) is 13.2 Å². The van der Waals surface area contributed by atoms with Gasteiger partial charge in [-0.25, -0.2) is 22.9 Å². The molecule has 0 aliphatic carbocycles. The quantitative estimate of drug-likeness (QED) is 0.601. The van der Waals surface area contributed by atoms with E-state index in [4.69, 9.17) is 5.73 Å². The van der Waals surface area contributed by atoms with Crippen LogP contribution in [0, 0.1) is 0 Å². The minimum absolute atomic E-state index is 0.0531. The van der Waals surface area contributed by atoms with Gasteiger partial charge in [0.1, 0.15) is 12.4 Å². The lowest BCUT2D eigenvalue weighted by molar-refractivity contribution is 0.159. The van der Waals surface area contributed by atoms with E-state index in [0.717, 1.165) is 0 Å². The monoisotopic (exact) mass is 274 g/mol. The van der Waals surface area contributed by atoms with E-state index in [2.05, 4.69) is 19.8 Å². The third kappa shape index (κ3) is 4.18. The Morgan fingerprint density at radius 2 is 2.28 bits per heavy atom. The molecule has 0 fully saturated rings. The maximum atomic E-state index is 11.8. The summed E-state index contributed by atoms with van der Waals surface area (Å²) in [5, 5.41) is 2.73. The number of hydrogen-bond acceptors (Lipinski definition) is 6. The second-order valence-corrected chi connectivity index (χ2v) is 4.96. The highest BCUT2D eigenvalue weighted by Crippen LogP contribution is 2.11. The maximum Gasteiger partial charge on any atom is 0.404 e. The van der Waals surface area contributed by atoms with Crippen molar-refractivity contribution in [3.63, 3.8) is 0 Å². The zero-order chi connectivity index (χ0) is 13.6. The molecule has 0 saturated heterocycles. The minimum Gasteiger partial charge on any atom is -0.448 e. The third-order valence-electron chi connectivity index (χ3n) is 1.94. The molecule has 0 bridgehead atoms. The zero-order valence-corrected chi connectivity index (χ0v) is 10.5. The molecule has 0 atom stereocenters. The molecule has 1 heterocycles. The number of nitrogens with one attached hydrogen (secondary N) is 2. The summed E-state index contributed by atoms with van der Waals surface area (Å²) in [4.78, 5) is 14.3. The molecule has 0 saturated carbocycles. The first-order chi connectivity index (χ1) is 8.45. The molecule has 4 N–H and O–H groups in total. The van der Waals surface area contributed by atoms with E-state index < -0.39 is 16.1 Å². The Morgan fingerprint density at radius 3 is 2.89 bits per heavy atom. The molecule has 8 nitrogen and oxygen atoms in total. The number of nitrogens with zero attached hydrogens (tertiary/aromatic N) is 1. The topological polar surface area (TPSA) is 123 Å². The van der Waals surface area contributed by atoms with Crippen LogP contribution in [0.1, 0.15) is 0 Å². The molecule has 1 aromatic rings. The zero-order valence-electron chi connectivity index (χ0n) is 9.71. The molecule has 100 valence electrons. The number of amides is 1. The summed E-state index contributed by atoms with van der Waals surface area (Å²) >= 11 is 0. The van der Waals surface area contributed by atoms with Crippen LogP contribution in [0.4, 0.5) is 10.6 Å². The molecule has 9 heteroatoms. The van der Waals surface area contributed by atoms with Gasteiger partial charge in [0, 0.05) is 25.9 Å². The van der Waals surface area contributed by atoms with Crippen molar-refractivity contribution in [3.8, 4) is 0 Å². The number of ether oxygens (including phenoxy) is 1. The Bertz CT molecular complexity index is 517. The van der Waals surface area contributed by atoms with Gasteiger partial charge in [0.05, 0.1) is 4.90 Å². The van der Waals surface area contributed by atoms with Crippen LogP contribution in [0.3, 0.4) is 0 Å². The number of sulfonamides is 1. The maximum absolute atomic E-state index is 11.8. The van der Waals surface area contributed by atoms with Gasteiger partial charge in [0.2, 0.25) is 10.0 Å². The summed E-state index contributed by atoms with van der Waals surface area (Å²) in [5.74, 6) is 0.436. The number of rotatable bonds is 6. The molecule has 0 spiro atoms. The first-order valence-electron chi connectivity index (χ1n) is 5.01. The highest BCUT2D eigenvalue weighted by Gasteiger charge is 2.14. The number of carbonyl (C=O) groups excluding carboxylic acids is 1. The van der Waals surface area contributed by atoms with Crippen LogP contribution in [0.15, 0.2) is 23.2 Å². The highest BCUT2D eigenvalue weighted by atomic mass is 32.2. The number of aromatic nitrogens is 1. The number of pyridine rings is 1. The number of nitrogens with two attached hydrogens (primary N) is 1. The summed E-state index contributed by atoms with van der Waals surface area (Å²) < 4.78 is 30.3. The average molecular weight is 274 g/mol. The van der Waals surface area contributed by atoms with Crippen molar-refractivity contribution >= 4 is 21.9 Å². The second-order valence-electron chi connectivity index (χ2n) is 3.19. The minimum atomic E-state index is -3.65. The van der Waals surface area contributed by atoms with Crippen LogP contribution in [-0.2, 0) is 14.8 Å². The van der Waals surface area contributed by atoms with Crippen molar-refractivity contribution in [1.29, 1.82) is 0 Å². The molecule has 1 rings (SSSR count). The first-order valence-corrected chi connectivity index (χ1v) is 6.50. The molecular weight excluding hydrogens is 260 g/mol. The first kappa shape index (κ1) is 14.2. The molecule has 0 aliphatic heterocycles. The summed E-state index contributed by atoms with van der Waals surface area (Å²) in [7, 11) is -2.02. The van der Waals surface area contributed by atoms with E-state index in [-0.39, 0.29) is 18.0 Å². The van der Waals surface area contributed by atoms with Crippen molar-refractivity contribution in [1.82, 2.24) is 9.71 Å². The van der Waals surface area contributed by atoms with Crippen LogP contribution in [0.5, 0.6) is 0 Å². The molecule has 18 heavy (non-hydrogen) atoms. The summed E-state index contributed by atoms with van der Waals surface area (Å²) in [6, 6.07) is 2.75. The lowest BCUT2D eigenvalue weighted by atomic mass is 10.5. The molecule has 1 aromatic heterocycles. The third-order valence-corrected chi connectivity index (χ3v) is 3.40. The summed E-state index contributed by atoms with van der Waals surface area (Å²) in [6.07, 6.45) is 0.427. The Hall–Kier alpha value is -1.87. The predicted octanol–water partition coefficient (Wildman–Crippen LogP) is -0.503. The summed E-state index contributed by atoms with van der Waals surface area (Å²) in [6.45, 7) is -0.180. The smallest absolute Gasteiger partial charge is 0.404 e. The molecule has 1 amide bonds. The lowest BCUT2D eigenvalue weighted by Gasteiger charge is -2.07. The normalized spacial score (nSPS) is 10.9. The van der Waals surface area contributed by atoms with Crippen molar-refractivity contribution < 1.29 is 17.9 Å². The number of carbonyl (C=O) groups is 1. The molecule has 0 unspecified atom stereocenters. The second kappa shape index (κ2) is 6.17. The Labute approximate surface area is 105 Å². The predicted molar refractivity (Wildman–Crippen MR) is 64.5 cm³/mol. The average Bonchev–Trinajstić information content (AvgIpc) is 2.34. The van der Waals surface area contributed by atoms with Crippen LogP contribution < -0.4 is 15.8 Å². The fraction of sp³-hybridized carbons (Fsp3) is 0.333. The van der Waals surface area contributed by atoms with Crippen LogP contribution >= 0.6 is 0 Å². The van der Waals surface area contributed by atoms with E-state index >= 15 is 0 Å². The van der Waals surface area contributed by atoms with E-state index in [1.807, 2.05) is 0 Å². The van der Waals surface area contributed by atoms with Crippen LogP contribution in [0.2, 0.25) is 0 Å². The van der Waals surface area contributed by atoms with E-state index in [1.54, 1.807) is 7.05 Å². The van der Waals surface area contributed by atoms with Gasteiger partial charge >= 0.3 is 6.09 Å². The van der Waals surface area contributed by atoms with Gasteiger partial charge in [-0.1, -0.05) is 0 Å². The summed E-state index contributed by atoms with van der Waals surface area (Å²) in [5.41, 5.74) is 4.74. The van der Waals surface area contributed by atoms with E-state index in [0.29, 0.717) is 5.82 Å². The van der Waals surface area contributed by atoms with Crippen LogP contribution in [-0.4, -0.2) is 39.7 Å². The molecule has 0 radical (unpaired) electrons. The van der Waals surface area contributed by atoms with Crippen molar-refractivity contribution in [2.45, 2.75) is 4.90 Å². The van der Waals surface area contributed by atoms with E-state index in [1.165, 1.54) is 18.3 Å². The fourth-order valence-corrected chi connectivity index (χ4v) is 2.15. The van der Waals surface area contributed by atoms with Crippen molar-refractivity contribution in [3.05, 3.63) is 18.3 Å². The number of primary amides is 1. The van der Waals surface area contributed by atoms with Gasteiger partial charge < -0.3 is 15.8 Å². The van der Waals surface area contributed by atoms with Gasteiger partial charge in [0.15, 0.2) is 0 Å². The number of hydrogen-bond donors (Lipinski definition) is 3. The SMILES string of the molecule is CNc1cc(S(=O)(=O)NCCOC(N)=O)ccn1. The van der Waals surface area contributed by atoms with Crippen molar-refractivity contribution in [2.75, 3.05) is 25.5 Å². The highest BCUT2D eigenvalue weighted by molar-refractivity contribution is 7.89. The van der Waals surface area contributed by atoms with Gasteiger partial charge in [0.25, 0.3) is 0 Å². The number of anilines is 1. The Kier molecular flexibility index (Phi) is 4.86. The lowest BCUT2D eigenvalue weighted by Crippen LogP contribution is -2.29.